The number of benzene rings is 3. The van der Waals surface area contributed by atoms with Crippen molar-refractivity contribution in [2.24, 2.45) is 0 Å². The van der Waals surface area contributed by atoms with E-state index in [0.717, 1.165) is 10.8 Å². The predicted molar refractivity (Wildman–Crippen MR) is 135 cm³/mol. The fourth-order valence-electron chi connectivity index (χ4n) is 5.12. The summed E-state index contributed by atoms with van der Waals surface area (Å²) in [6, 6.07) is 17.6. The maximum absolute atomic E-state index is 14.0. The maximum atomic E-state index is 14.0. The van der Waals surface area contributed by atoms with Crippen LogP contribution in [0.2, 0.25) is 0 Å². The van der Waals surface area contributed by atoms with Gasteiger partial charge in [-0.3, -0.25) is 9.62 Å². The maximum Gasteiger partial charge on any atom is 0.342 e. The van der Waals surface area contributed by atoms with Gasteiger partial charge < -0.3 is 9.47 Å². The van der Waals surface area contributed by atoms with E-state index in [0.29, 0.717) is 11.3 Å². The van der Waals surface area contributed by atoms with Gasteiger partial charge in [0.15, 0.2) is 0 Å². The summed E-state index contributed by atoms with van der Waals surface area (Å²) in [7, 11) is -4.11. The second-order valence-electron chi connectivity index (χ2n) is 8.66. The number of hydrogen-bond donors (Lipinski definition) is 1. The fraction of sp³-hybridized carbons (Fsp3) is 0.259. The predicted octanol–water partition coefficient (Wildman–Crippen LogP) is 3.48. The topological polar surface area (TPSA) is 102 Å². The molecule has 0 spiro atoms. The van der Waals surface area contributed by atoms with E-state index in [1.165, 1.54) is 16.4 Å². The van der Waals surface area contributed by atoms with Gasteiger partial charge in [0.1, 0.15) is 0 Å². The van der Waals surface area contributed by atoms with Crippen molar-refractivity contribution >= 4 is 38.4 Å². The quantitative estimate of drug-likeness (QED) is 0.310. The largest absolute Gasteiger partial charge is 0.464 e. The molecular weight excluding hydrogens is 480 g/mol. The lowest BCUT2D eigenvalue weighted by molar-refractivity contribution is -0.163. The lowest BCUT2D eigenvalue weighted by Gasteiger charge is -2.31. The molecule has 0 aliphatic carbocycles. The Labute approximate surface area is 209 Å². The minimum atomic E-state index is -4.11. The standard InChI is InChI=1S/C27H26N2O6S/c1-4-34-25(30)27(26(31)35-5-2)17(3)24-23(28-27)21-15-18-11-9-10-12-19(18)16-22(21)29(24)36(32,33)20-13-7-6-8-14-20/h6-16,23-24,28H,3-5H2,1-2H3/t23-,24-/m0/s1. The number of anilines is 1. The Balaban J connectivity index is 1.76. The molecule has 8 nitrogen and oxygen atoms in total. The van der Waals surface area contributed by atoms with Gasteiger partial charge in [-0.25, -0.2) is 18.0 Å². The van der Waals surface area contributed by atoms with Crippen LogP contribution in [0.25, 0.3) is 10.8 Å². The zero-order valence-corrected chi connectivity index (χ0v) is 20.7. The molecule has 1 N–H and O–H groups in total. The molecular formula is C27H26N2O6S. The first-order chi connectivity index (χ1) is 17.3. The zero-order chi connectivity index (χ0) is 25.7. The Hall–Kier alpha value is -3.69. The number of rotatable bonds is 6. The third-order valence-corrected chi connectivity index (χ3v) is 8.52. The molecule has 36 heavy (non-hydrogen) atoms. The summed E-state index contributed by atoms with van der Waals surface area (Å²) in [5.41, 5.74) is -0.892. The number of carbonyl (C=O) groups is 2. The van der Waals surface area contributed by atoms with E-state index in [-0.39, 0.29) is 23.7 Å². The molecule has 2 aliphatic rings. The number of carbonyl (C=O) groups excluding carboxylic acids is 2. The number of hydrogen-bond acceptors (Lipinski definition) is 7. The van der Waals surface area contributed by atoms with Crippen LogP contribution in [0.4, 0.5) is 5.69 Å². The highest BCUT2D eigenvalue weighted by atomic mass is 32.2. The number of nitrogens with zero attached hydrogens (tertiary/aromatic N) is 1. The lowest BCUT2D eigenvalue weighted by atomic mass is 9.90. The van der Waals surface area contributed by atoms with Crippen LogP contribution in [-0.4, -0.2) is 45.2 Å². The molecule has 0 aromatic heterocycles. The Bertz CT molecular complexity index is 1470. The second kappa shape index (κ2) is 8.76. The van der Waals surface area contributed by atoms with Crippen molar-refractivity contribution in [2.75, 3.05) is 17.5 Å². The Morgan fingerprint density at radius 2 is 1.50 bits per heavy atom. The molecule has 2 atom stereocenters. The highest BCUT2D eigenvalue weighted by molar-refractivity contribution is 7.93. The fourth-order valence-corrected chi connectivity index (χ4v) is 6.81. The summed E-state index contributed by atoms with van der Waals surface area (Å²) in [6.07, 6.45) is 0. The molecule has 1 fully saturated rings. The first-order valence-electron chi connectivity index (χ1n) is 11.7. The van der Waals surface area contributed by atoms with Crippen LogP contribution in [-0.2, 0) is 29.1 Å². The van der Waals surface area contributed by atoms with Crippen LogP contribution in [0.15, 0.2) is 83.8 Å². The summed E-state index contributed by atoms with van der Waals surface area (Å²) < 4.78 is 39.9. The second-order valence-corrected chi connectivity index (χ2v) is 10.5. The smallest absolute Gasteiger partial charge is 0.342 e. The van der Waals surface area contributed by atoms with Crippen molar-refractivity contribution in [2.45, 2.75) is 36.4 Å². The van der Waals surface area contributed by atoms with Crippen LogP contribution in [0.5, 0.6) is 0 Å². The van der Waals surface area contributed by atoms with Crippen LogP contribution < -0.4 is 9.62 Å². The van der Waals surface area contributed by atoms with Gasteiger partial charge in [0.25, 0.3) is 10.0 Å². The van der Waals surface area contributed by atoms with E-state index in [9.17, 15) is 18.0 Å². The van der Waals surface area contributed by atoms with Gasteiger partial charge in [-0.2, -0.15) is 0 Å². The number of nitrogens with one attached hydrogen (secondary N) is 1. The summed E-state index contributed by atoms with van der Waals surface area (Å²) in [5.74, 6) is -1.75. The number of sulfonamides is 1. The van der Waals surface area contributed by atoms with Crippen LogP contribution in [0.1, 0.15) is 25.5 Å². The first-order valence-corrected chi connectivity index (χ1v) is 13.1. The molecule has 0 bridgehead atoms. The third-order valence-electron chi connectivity index (χ3n) is 6.71. The van der Waals surface area contributed by atoms with Crippen molar-refractivity contribution in [1.82, 2.24) is 5.32 Å². The van der Waals surface area contributed by atoms with E-state index in [4.69, 9.17) is 9.47 Å². The monoisotopic (exact) mass is 506 g/mol. The summed E-state index contributed by atoms with van der Waals surface area (Å²) >= 11 is 0. The molecule has 0 saturated carbocycles. The molecule has 1 saturated heterocycles. The molecule has 5 rings (SSSR count). The molecule has 186 valence electrons. The average molecular weight is 507 g/mol. The lowest BCUT2D eigenvalue weighted by Crippen LogP contribution is -2.58. The number of ether oxygens (including phenoxy) is 2. The van der Waals surface area contributed by atoms with Gasteiger partial charge >= 0.3 is 11.9 Å². The first kappa shape index (κ1) is 24.0. The van der Waals surface area contributed by atoms with Gasteiger partial charge in [0.2, 0.25) is 5.54 Å². The Morgan fingerprint density at radius 3 is 2.08 bits per heavy atom. The molecule has 3 aromatic carbocycles. The highest BCUT2D eigenvalue weighted by Gasteiger charge is 2.65. The van der Waals surface area contributed by atoms with Gasteiger partial charge in [-0.05, 0) is 60.0 Å². The molecule has 9 heteroatoms. The molecule has 3 aromatic rings. The summed E-state index contributed by atoms with van der Waals surface area (Å²) in [4.78, 5) is 26.6. The molecule has 0 amide bonds. The number of fused-ring (bicyclic) bond motifs is 4. The molecule has 0 unspecified atom stereocenters. The Kier molecular flexibility index (Phi) is 5.84. The van der Waals surface area contributed by atoms with E-state index in [1.54, 1.807) is 32.0 Å². The molecule has 2 heterocycles. The van der Waals surface area contributed by atoms with Gasteiger partial charge in [0.05, 0.1) is 35.9 Å². The van der Waals surface area contributed by atoms with Gasteiger partial charge in [0, 0.05) is 0 Å². The minimum absolute atomic E-state index is 0.0253. The van der Waals surface area contributed by atoms with E-state index in [2.05, 4.69) is 11.9 Å². The summed E-state index contributed by atoms with van der Waals surface area (Å²) in [6.45, 7) is 7.40. The Morgan fingerprint density at radius 1 is 0.944 bits per heavy atom. The minimum Gasteiger partial charge on any atom is -0.464 e. The normalized spacial score (nSPS) is 20.2. The SMILES string of the molecule is C=C1[C@H]2[C@@H](NC1(C(=O)OCC)C(=O)OCC)c1cc3ccccc3cc1N2S(=O)(=O)c1ccccc1. The van der Waals surface area contributed by atoms with Crippen LogP contribution in [0.3, 0.4) is 0 Å². The van der Waals surface area contributed by atoms with E-state index in [1.807, 2.05) is 36.4 Å². The van der Waals surface area contributed by atoms with Crippen LogP contribution in [0, 0.1) is 0 Å². The zero-order valence-electron chi connectivity index (χ0n) is 19.9. The van der Waals surface area contributed by atoms with Crippen LogP contribution >= 0.6 is 0 Å². The molecule has 0 radical (unpaired) electrons. The van der Waals surface area contributed by atoms with E-state index < -0.39 is 39.6 Å². The van der Waals surface area contributed by atoms with Crippen molar-refractivity contribution in [3.05, 3.63) is 84.4 Å². The number of esters is 2. The third kappa shape index (κ3) is 3.34. The van der Waals surface area contributed by atoms with Gasteiger partial charge in [-0.1, -0.05) is 49.0 Å². The van der Waals surface area contributed by atoms with Gasteiger partial charge in [-0.15, -0.1) is 0 Å². The van der Waals surface area contributed by atoms with Crippen molar-refractivity contribution in [3.63, 3.8) is 0 Å². The average Bonchev–Trinajstić information content (AvgIpc) is 3.35. The highest BCUT2D eigenvalue weighted by Crippen LogP contribution is 2.53. The van der Waals surface area contributed by atoms with Crippen molar-refractivity contribution < 1.29 is 27.5 Å². The van der Waals surface area contributed by atoms with Crippen molar-refractivity contribution in [1.29, 1.82) is 0 Å². The van der Waals surface area contributed by atoms with E-state index >= 15 is 0 Å². The van der Waals surface area contributed by atoms with Crippen molar-refractivity contribution in [3.8, 4) is 0 Å². The summed E-state index contributed by atoms with van der Waals surface area (Å²) in [5, 5.41) is 4.86. The molecule has 2 aliphatic heterocycles.